The van der Waals surface area contributed by atoms with Gasteiger partial charge in [-0.25, -0.2) is 4.79 Å². The van der Waals surface area contributed by atoms with E-state index in [0.717, 1.165) is 9.13 Å². The highest BCUT2D eigenvalue weighted by molar-refractivity contribution is 5.78. The molecule has 22 heavy (non-hydrogen) atoms. The van der Waals surface area contributed by atoms with Crippen molar-refractivity contribution in [1.82, 2.24) is 14.5 Å². The van der Waals surface area contributed by atoms with E-state index < -0.39 is 28.7 Å². The highest BCUT2D eigenvalue weighted by atomic mass is 16.4. The molecule has 8 nitrogen and oxygen atoms in total. The molecule has 0 aliphatic carbocycles. The van der Waals surface area contributed by atoms with Crippen LogP contribution in [0.15, 0.2) is 21.9 Å². The Bertz CT molecular complexity index is 688. The monoisotopic (exact) mass is 311 g/mol. The molecular weight excluding hydrogens is 290 g/mol. The van der Waals surface area contributed by atoms with Crippen molar-refractivity contribution >= 4 is 11.9 Å². The summed E-state index contributed by atoms with van der Waals surface area (Å²) in [5.74, 6) is -1.61. The summed E-state index contributed by atoms with van der Waals surface area (Å²) < 4.78 is 1.99. The van der Waals surface area contributed by atoms with E-state index in [-0.39, 0.29) is 18.9 Å². The third-order valence-electron chi connectivity index (χ3n) is 3.79. The van der Waals surface area contributed by atoms with E-state index in [0.29, 0.717) is 0 Å². The number of carboxylic acid groups (broad SMARTS) is 1. The fourth-order valence-corrected chi connectivity index (χ4v) is 1.96. The first-order valence-corrected chi connectivity index (χ1v) is 6.86. The van der Waals surface area contributed by atoms with E-state index in [2.05, 4.69) is 5.32 Å². The fraction of sp³-hybridized carbons (Fsp3) is 0.571. The average molecular weight is 311 g/mol. The summed E-state index contributed by atoms with van der Waals surface area (Å²) in [6.45, 7) is 4.98. The number of carbonyl (C=O) groups is 2. The molecular formula is C14H21N3O5. The molecule has 8 heteroatoms. The van der Waals surface area contributed by atoms with Crippen LogP contribution in [0, 0.1) is 5.92 Å². The molecule has 0 aliphatic heterocycles. The van der Waals surface area contributed by atoms with Gasteiger partial charge in [-0.3, -0.25) is 23.5 Å². The molecule has 1 aromatic rings. The predicted octanol–water partition coefficient (Wildman–Crippen LogP) is -0.447. The highest BCUT2D eigenvalue weighted by Crippen LogP contribution is 2.20. The molecule has 0 fully saturated rings. The SMILES string of the molecule is CC(C)C(C)(CC(=O)O)NC(=O)Cn1ccc(=O)n(C)c1=O. The van der Waals surface area contributed by atoms with Gasteiger partial charge in [-0.15, -0.1) is 0 Å². The van der Waals surface area contributed by atoms with Crippen molar-refractivity contribution < 1.29 is 14.7 Å². The molecule has 0 saturated heterocycles. The van der Waals surface area contributed by atoms with Gasteiger partial charge in [0.15, 0.2) is 0 Å². The summed E-state index contributed by atoms with van der Waals surface area (Å²) in [7, 11) is 1.32. The Morgan fingerprint density at radius 1 is 1.36 bits per heavy atom. The van der Waals surface area contributed by atoms with Crippen LogP contribution in [0.1, 0.15) is 27.2 Å². The van der Waals surface area contributed by atoms with Crippen LogP contribution in [0.3, 0.4) is 0 Å². The Hall–Kier alpha value is -2.38. The predicted molar refractivity (Wildman–Crippen MR) is 79.6 cm³/mol. The normalized spacial score (nSPS) is 13.7. The molecule has 1 aromatic heterocycles. The molecule has 2 N–H and O–H groups in total. The molecule has 0 saturated carbocycles. The zero-order valence-electron chi connectivity index (χ0n) is 13.1. The summed E-state index contributed by atoms with van der Waals surface area (Å²) in [5, 5.41) is 11.6. The summed E-state index contributed by atoms with van der Waals surface area (Å²) in [5.41, 5.74) is -1.99. The van der Waals surface area contributed by atoms with Crippen molar-refractivity contribution in [2.75, 3.05) is 0 Å². The number of aliphatic carboxylic acids is 1. The minimum Gasteiger partial charge on any atom is -0.481 e. The first kappa shape index (κ1) is 17.7. The highest BCUT2D eigenvalue weighted by Gasteiger charge is 2.32. The van der Waals surface area contributed by atoms with Crippen LogP contribution in [0.25, 0.3) is 0 Å². The number of carboxylic acids is 1. The average Bonchev–Trinajstić information content (AvgIpc) is 2.38. The third kappa shape index (κ3) is 4.06. The van der Waals surface area contributed by atoms with Crippen LogP contribution < -0.4 is 16.6 Å². The van der Waals surface area contributed by atoms with Crippen molar-refractivity contribution in [3.8, 4) is 0 Å². The minimum absolute atomic E-state index is 0.107. The van der Waals surface area contributed by atoms with Crippen LogP contribution >= 0.6 is 0 Å². The second-order valence-corrected chi connectivity index (χ2v) is 5.81. The number of nitrogens with one attached hydrogen (secondary N) is 1. The van der Waals surface area contributed by atoms with Crippen molar-refractivity contribution in [2.45, 2.75) is 39.3 Å². The van der Waals surface area contributed by atoms with Crippen molar-refractivity contribution in [3.05, 3.63) is 33.1 Å². The van der Waals surface area contributed by atoms with E-state index in [9.17, 15) is 19.2 Å². The molecule has 0 radical (unpaired) electrons. The van der Waals surface area contributed by atoms with Gasteiger partial charge in [0.2, 0.25) is 5.91 Å². The Morgan fingerprint density at radius 3 is 2.45 bits per heavy atom. The Morgan fingerprint density at radius 2 is 1.95 bits per heavy atom. The molecule has 1 amide bonds. The first-order chi connectivity index (χ1) is 10.1. The molecule has 1 heterocycles. The maximum atomic E-state index is 12.1. The first-order valence-electron chi connectivity index (χ1n) is 6.86. The van der Waals surface area contributed by atoms with Gasteiger partial charge in [-0.05, 0) is 12.8 Å². The Labute approximate surface area is 127 Å². The van der Waals surface area contributed by atoms with Crippen LogP contribution in [0.5, 0.6) is 0 Å². The second kappa shape index (κ2) is 6.59. The van der Waals surface area contributed by atoms with Crippen LogP contribution in [0.4, 0.5) is 0 Å². The van der Waals surface area contributed by atoms with Crippen molar-refractivity contribution in [1.29, 1.82) is 0 Å². The minimum atomic E-state index is -1.02. The smallest absolute Gasteiger partial charge is 0.331 e. The topological polar surface area (TPSA) is 110 Å². The molecule has 122 valence electrons. The summed E-state index contributed by atoms with van der Waals surface area (Å²) >= 11 is 0. The number of rotatable bonds is 6. The van der Waals surface area contributed by atoms with Gasteiger partial charge >= 0.3 is 11.7 Å². The van der Waals surface area contributed by atoms with E-state index in [4.69, 9.17) is 5.11 Å². The van der Waals surface area contributed by atoms with Crippen molar-refractivity contribution in [3.63, 3.8) is 0 Å². The number of amides is 1. The lowest BCUT2D eigenvalue weighted by Crippen LogP contribution is -2.53. The number of carbonyl (C=O) groups excluding carboxylic acids is 1. The number of aromatic nitrogens is 2. The van der Waals surface area contributed by atoms with E-state index in [1.807, 2.05) is 13.8 Å². The zero-order valence-corrected chi connectivity index (χ0v) is 13.1. The maximum Gasteiger partial charge on any atom is 0.331 e. The fourth-order valence-electron chi connectivity index (χ4n) is 1.96. The zero-order chi connectivity index (χ0) is 17.1. The number of nitrogens with zero attached hydrogens (tertiary/aromatic N) is 2. The molecule has 0 bridgehead atoms. The van der Waals surface area contributed by atoms with Crippen LogP contribution in [-0.2, 0) is 23.2 Å². The Balaban J connectivity index is 2.94. The van der Waals surface area contributed by atoms with Gasteiger partial charge in [0, 0.05) is 19.3 Å². The lowest BCUT2D eigenvalue weighted by molar-refractivity contribution is -0.139. The lowest BCUT2D eigenvalue weighted by atomic mass is 9.85. The van der Waals surface area contributed by atoms with E-state index in [1.54, 1.807) is 6.92 Å². The number of hydrogen-bond acceptors (Lipinski definition) is 4. The largest absolute Gasteiger partial charge is 0.481 e. The van der Waals surface area contributed by atoms with Gasteiger partial charge < -0.3 is 10.4 Å². The molecule has 0 spiro atoms. The van der Waals surface area contributed by atoms with Gasteiger partial charge in [-0.2, -0.15) is 0 Å². The molecule has 1 unspecified atom stereocenters. The summed E-state index contributed by atoms with van der Waals surface area (Å²) in [6.07, 6.45) is 1.02. The van der Waals surface area contributed by atoms with Crippen molar-refractivity contribution in [2.24, 2.45) is 13.0 Å². The Kier molecular flexibility index (Phi) is 5.29. The van der Waals surface area contributed by atoms with Crippen LogP contribution in [-0.4, -0.2) is 31.7 Å². The molecule has 1 rings (SSSR count). The van der Waals surface area contributed by atoms with Crippen LogP contribution in [0.2, 0.25) is 0 Å². The van der Waals surface area contributed by atoms with E-state index >= 15 is 0 Å². The van der Waals surface area contributed by atoms with Gasteiger partial charge in [0.05, 0.1) is 12.0 Å². The van der Waals surface area contributed by atoms with E-state index in [1.165, 1.54) is 19.3 Å². The van der Waals surface area contributed by atoms with Gasteiger partial charge in [0.1, 0.15) is 6.54 Å². The standard InChI is InChI=1S/C14H21N3O5/c1-9(2)14(3,7-12(20)21)15-10(18)8-17-6-5-11(19)16(4)13(17)22/h5-6,9H,7-8H2,1-4H3,(H,15,18)(H,20,21). The maximum absolute atomic E-state index is 12.1. The molecule has 1 atom stereocenters. The lowest BCUT2D eigenvalue weighted by Gasteiger charge is -2.33. The number of hydrogen-bond donors (Lipinski definition) is 2. The third-order valence-corrected chi connectivity index (χ3v) is 3.79. The second-order valence-electron chi connectivity index (χ2n) is 5.81. The quantitative estimate of drug-likeness (QED) is 0.739. The molecule has 0 aliphatic rings. The molecule has 0 aromatic carbocycles. The summed E-state index contributed by atoms with van der Waals surface area (Å²) in [6, 6.07) is 1.19. The van der Waals surface area contributed by atoms with Gasteiger partial charge in [-0.1, -0.05) is 13.8 Å². The van der Waals surface area contributed by atoms with Gasteiger partial charge in [0.25, 0.3) is 5.56 Å². The summed E-state index contributed by atoms with van der Waals surface area (Å²) in [4.78, 5) is 46.2.